The summed E-state index contributed by atoms with van der Waals surface area (Å²) in [4.78, 5) is 23.3. The van der Waals surface area contributed by atoms with E-state index < -0.39 is 5.82 Å². The van der Waals surface area contributed by atoms with E-state index in [1.54, 1.807) is 7.11 Å². The highest BCUT2D eigenvalue weighted by atomic mass is 19.1. The Morgan fingerprint density at radius 3 is 2.76 bits per heavy atom. The Morgan fingerprint density at radius 1 is 1.34 bits per heavy atom. The number of likely N-dealkylation sites (tertiary alicyclic amines) is 1. The molecule has 4 atom stereocenters. The standard InChI is InChI=1S/C22H27FN4O2/c1-13-7-18-10-22(9-13,15(3)29-4)27(18)21(28)26-17-6-5-14(2)19(8-17)20-24-11-16(23)12-25-20/h5-6,8,11-13,15,18H,7,9-10H2,1-4H3,(H,26,28)/t13-,15?,18-,22+/m1/s1. The third kappa shape index (κ3) is 3.37. The summed E-state index contributed by atoms with van der Waals surface area (Å²) < 4.78 is 18.8. The van der Waals surface area contributed by atoms with E-state index in [1.807, 2.05) is 36.9 Å². The maximum atomic E-state index is 13.2. The average molecular weight is 398 g/mol. The van der Waals surface area contributed by atoms with Crippen LogP contribution < -0.4 is 5.32 Å². The van der Waals surface area contributed by atoms with E-state index >= 15 is 0 Å². The van der Waals surface area contributed by atoms with Crippen LogP contribution in [-0.4, -0.2) is 45.7 Å². The number of hydrogen-bond donors (Lipinski definition) is 1. The Hall–Kier alpha value is -2.54. The zero-order valence-corrected chi connectivity index (χ0v) is 17.3. The zero-order valence-electron chi connectivity index (χ0n) is 17.3. The molecule has 6 nitrogen and oxygen atoms in total. The number of urea groups is 1. The van der Waals surface area contributed by atoms with Gasteiger partial charge in [0.2, 0.25) is 0 Å². The first-order valence-electron chi connectivity index (χ1n) is 10.1. The Balaban J connectivity index is 1.57. The molecular formula is C22H27FN4O2. The molecule has 2 aliphatic rings. The lowest BCUT2D eigenvalue weighted by Crippen LogP contribution is -2.76. The topological polar surface area (TPSA) is 67.3 Å². The van der Waals surface area contributed by atoms with Gasteiger partial charge in [0.1, 0.15) is 0 Å². The minimum Gasteiger partial charge on any atom is -0.379 e. The molecule has 1 aliphatic carbocycles. The number of ether oxygens (including phenoxy) is 1. The van der Waals surface area contributed by atoms with Crippen LogP contribution in [0.3, 0.4) is 0 Å². The van der Waals surface area contributed by atoms with Crippen LogP contribution in [0.15, 0.2) is 30.6 Å². The highest BCUT2D eigenvalue weighted by Gasteiger charge is 2.61. The number of benzene rings is 1. The molecule has 2 amide bonds. The largest absolute Gasteiger partial charge is 0.379 e. The monoisotopic (exact) mass is 398 g/mol. The van der Waals surface area contributed by atoms with Crippen molar-refractivity contribution in [3.8, 4) is 11.4 Å². The summed E-state index contributed by atoms with van der Waals surface area (Å²) in [5, 5.41) is 3.04. The minimum absolute atomic E-state index is 0.0200. The molecule has 4 rings (SSSR count). The third-order valence-electron chi connectivity index (χ3n) is 6.49. The van der Waals surface area contributed by atoms with E-state index in [0.717, 1.165) is 42.8 Å². The van der Waals surface area contributed by atoms with Crippen molar-refractivity contribution < 1.29 is 13.9 Å². The Bertz CT molecular complexity index is 920. The maximum Gasteiger partial charge on any atom is 0.322 e. The molecule has 1 aromatic carbocycles. The van der Waals surface area contributed by atoms with E-state index in [2.05, 4.69) is 22.2 Å². The molecule has 7 heteroatoms. The number of halogens is 1. The fraction of sp³-hybridized carbons (Fsp3) is 0.500. The van der Waals surface area contributed by atoms with Crippen molar-refractivity contribution in [3.05, 3.63) is 42.0 Å². The molecule has 2 aromatic rings. The highest BCUT2D eigenvalue weighted by Crippen LogP contribution is 2.52. The first kappa shape index (κ1) is 19.8. The fourth-order valence-corrected chi connectivity index (χ4v) is 5.06. The molecule has 1 N–H and O–H groups in total. The quantitative estimate of drug-likeness (QED) is 0.829. The van der Waals surface area contributed by atoms with E-state index in [1.165, 1.54) is 0 Å². The predicted molar refractivity (Wildman–Crippen MR) is 109 cm³/mol. The molecule has 1 aromatic heterocycles. The number of piperidine rings is 1. The summed E-state index contributed by atoms with van der Waals surface area (Å²) >= 11 is 0. The van der Waals surface area contributed by atoms with Crippen LogP contribution in [-0.2, 0) is 4.74 Å². The Labute approximate surface area is 170 Å². The summed E-state index contributed by atoms with van der Waals surface area (Å²) in [7, 11) is 1.71. The second-order valence-corrected chi connectivity index (χ2v) is 8.44. The lowest BCUT2D eigenvalue weighted by Gasteiger charge is -2.65. The van der Waals surface area contributed by atoms with Gasteiger partial charge in [0.25, 0.3) is 0 Å². The van der Waals surface area contributed by atoms with Crippen LogP contribution in [0.25, 0.3) is 11.4 Å². The number of methoxy groups -OCH3 is 1. The van der Waals surface area contributed by atoms with Crippen LogP contribution in [0, 0.1) is 18.7 Å². The van der Waals surface area contributed by atoms with Crippen molar-refractivity contribution in [3.63, 3.8) is 0 Å². The Morgan fingerprint density at radius 2 is 2.07 bits per heavy atom. The summed E-state index contributed by atoms with van der Waals surface area (Å²) in [6, 6.07) is 5.76. The first-order chi connectivity index (χ1) is 13.8. The zero-order chi connectivity index (χ0) is 20.8. The van der Waals surface area contributed by atoms with Crippen molar-refractivity contribution in [1.29, 1.82) is 0 Å². The number of fused-ring (bicyclic) bond motifs is 2. The molecule has 154 valence electrons. The molecule has 0 spiro atoms. The number of carbonyl (C=O) groups excluding carboxylic acids is 1. The van der Waals surface area contributed by atoms with Crippen LogP contribution >= 0.6 is 0 Å². The minimum atomic E-state index is -0.480. The number of nitrogens with zero attached hydrogens (tertiary/aromatic N) is 3. The summed E-state index contributed by atoms with van der Waals surface area (Å²) in [6.07, 6.45) is 5.23. The molecule has 2 bridgehead atoms. The predicted octanol–water partition coefficient (Wildman–Crippen LogP) is 4.40. The summed E-state index contributed by atoms with van der Waals surface area (Å²) in [6.45, 7) is 6.22. The maximum absolute atomic E-state index is 13.2. The molecular weight excluding hydrogens is 371 g/mol. The Kier molecular flexibility index (Phi) is 5.02. The van der Waals surface area contributed by atoms with Crippen molar-refractivity contribution in [2.45, 2.75) is 57.7 Å². The van der Waals surface area contributed by atoms with Gasteiger partial charge in [-0.2, -0.15) is 0 Å². The molecule has 1 unspecified atom stereocenters. The molecule has 0 radical (unpaired) electrons. The van der Waals surface area contributed by atoms with Crippen molar-refractivity contribution in [2.24, 2.45) is 5.92 Å². The normalized spacial score (nSPS) is 26.6. The molecule has 2 heterocycles. The van der Waals surface area contributed by atoms with Gasteiger partial charge in [-0.3, -0.25) is 0 Å². The second-order valence-electron chi connectivity index (χ2n) is 8.44. The van der Waals surface area contributed by atoms with Crippen molar-refractivity contribution in [1.82, 2.24) is 14.9 Å². The fourth-order valence-electron chi connectivity index (χ4n) is 5.06. The van der Waals surface area contributed by atoms with Gasteiger partial charge in [-0.1, -0.05) is 13.0 Å². The van der Waals surface area contributed by atoms with Gasteiger partial charge in [0.15, 0.2) is 11.6 Å². The van der Waals surface area contributed by atoms with Crippen molar-refractivity contribution in [2.75, 3.05) is 12.4 Å². The number of rotatable bonds is 4. The smallest absolute Gasteiger partial charge is 0.322 e. The van der Waals surface area contributed by atoms with E-state index in [0.29, 0.717) is 17.4 Å². The number of aromatic nitrogens is 2. The van der Waals surface area contributed by atoms with Gasteiger partial charge in [-0.15, -0.1) is 0 Å². The van der Waals surface area contributed by atoms with Crippen LogP contribution in [0.4, 0.5) is 14.9 Å². The van der Waals surface area contributed by atoms with Gasteiger partial charge in [-0.05, 0) is 56.7 Å². The van der Waals surface area contributed by atoms with Crippen LogP contribution in [0.1, 0.15) is 38.7 Å². The molecule has 2 fully saturated rings. The van der Waals surface area contributed by atoms with Gasteiger partial charge in [0, 0.05) is 24.4 Å². The molecule has 1 aliphatic heterocycles. The number of anilines is 1. The number of aryl methyl sites for hydroxylation is 1. The highest BCUT2D eigenvalue weighted by molar-refractivity contribution is 5.92. The summed E-state index contributed by atoms with van der Waals surface area (Å²) in [5.74, 6) is 0.531. The average Bonchev–Trinajstić information content (AvgIpc) is 2.68. The molecule has 1 saturated heterocycles. The van der Waals surface area contributed by atoms with E-state index in [-0.39, 0.29) is 23.7 Å². The SMILES string of the molecule is COC(C)[C@]12C[C@H](C)C[C@H](C1)N2C(=O)Nc1ccc(C)c(-c2ncc(F)cn2)c1. The van der Waals surface area contributed by atoms with E-state index in [4.69, 9.17) is 4.74 Å². The number of amides is 2. The molecule has 1 saturated carbocycles. The van der Waals surface area contributed by atoms with Gasteiger partial charge in [-0.25, -0.2) is 19.2 Å². The van der Waals surface area contributed by atoms with Crippen LogP contribution in [0.5, 0.6) is 0 Å². The van der Waals surface area contributed by atoms with Gasteiger partial charge >= 0.3 is 6.03 Å². The lowest BCUT2D eigenvalue weighted by molar-refractivity contribution is -0.155. The van der Waals surface area contributed by atoms with Gasteiger partial charge < -0.3 is 15.0 Å². The van der Waals surface area contributed by atoms with Crippen LogP contribution in [0.2, 0.25) is 0 Å². The second kappa shape index (κ2) is 7.37. The number of carbonyl (C=O) groups is 1. The third-order valence-corrected chi connectivity index (χ3v) is 6.49. The number of nitrogens with one attached hydrogen (secondary N) is 1. The lowest BCUT2D eigenvalue weighted by atomic mass is 9.62. The number of hydrogen-bond acceptors (Lipinski definition) is 4. The summed E-state index contributed by atoms with van der Waals surface area (Å²) in [5.41, 5.74) is 2.14. The van der Waals surface area contributed by atoms with Crippen molar-refractivity contribution >= 4 is 11.7 Å². The van der Waals surface area contributed by atoms with Gasteiger partial charge in [0.05, 0.1) is 24.0 Å². The molecule has 29 heavy (non-hydrogen) atoms. The van der Waals surface area contributed by atoms with E-state index in [9.17, 15) is 9.18 Å². The first-order valence-corrected chi connectivity index (χ1v) is 10.1.